The van der Waals surface area contributed by atoms with E-state index in [4.69, 9.17) is 0 Å². The second-order valence-corrected chi connectivity index (χ2v) is 7.30. The van der Waals surface area contributed by atoms with E-state index in [9.17, 15) is 0 Å². The van der Waals surface area contributed by atoms with Crippen molar-refractivity contribution in [3.8, 4) is 0 Å². The minimum absolute atomic E-state index is 0.341. The van der Waals surface area contributed by atoms with Crippen LogP contribution in [0.2, 0.25) is 0 Å². The topological polar surface area (TPSA) is 24.4 Å². The first kappa shape index (κ1) is 16.1. The van der Waals surface area contributed by atoms with Crippen molar-refractivity contribution in [3.63, 3.8) is 0 Å². The van der Waals surface area contributed by atoms with E-state index in [2.05, 4.69) is 72.1 Å². The molecule has 0 aliphatic heterocycles. The summed E-state index contributed by atoms with van der Waals surface area (Å²) in [5.41, 5.74) is 10.1. The molecule has 1 saturated carbocycles. The number of rotatable bonds is 4. The summed E-state index contributed by atoms with van der Waals surface area (Å²) in [6.45, 7) is 2.23. The second kappa shape index (κ2) is 7.26. The summed E-state index contributed by atoms with van der Waals surface area (Å²) < 4.78 is 0. The molecule has 2 aromatic rings. The van der Waals surface area contributed by atoms with Gasteiger partial charge in [0.25, 0.3) is 0 Å². The van der Waals surface area contributed by atoms with E-state index < -0.39 is 0 Å². The number of hydrazone groups is 1. The van der Waals surface area contributed by atoms with Gasteiger partial charge < -0.3 is 5.43 Å². The average Bonchev–Trinajstić information content (AvgIpc) is 2.99. The van der Waals surface area contributed by atoms with Crippen molar-refractivity contribution >= 4 is 12.3 Å². The Morgan fingerprint density at radius 1 is 0.920 bits per heavy atom. The Balaban J connectivity index is 1.58. The molecular weight excluding hydrogens is 304 g/mol. The third kappa shape index (κ3) is 3.39. The molecule has 0 spiro atoms. The summed E-state index contributed by atoms with van der Waals surface area (Å²) in [4.78, 5) is 0. The minimum Gasteiger partial charge on any atom is -0.307 e. The third-order valence-corrected chi connectivity index (χ3v) is 5.52. The molecule has 2 heteroatoms. The maximum Gasteiger partial charge on any atom is 0.0543 e. The highest BCUT2D eigenvalue weighted by Crippen LogP contribution is 2.41. The van der Waals surface area contributed by atoms with Gasteiger partial charge in [-0.15, -0.1) is 0 Å². The van der Waals surface area contributed by atoms with Gasteiger partial charge in [0.2, 0.25) is 0 Å². The van der Waals surface area contributed by atoms with Crippen LogP contribution in [0.3, 0.4) is 0 Å². The van der Waals surface area contributed by atoms with Crippen LogP contribution in [0.1, 0.15) is 67.2 Å². The third-order valence-electron chi connectivity index (χ3n) is 5.52. The number of benzene rings is 2. The predicted octanol–water partition coefficient (Wildman–Crippen LogP) is 5.49. The quantitative estimate of drug-likeness (QED) is 0.581. The average molecular weight is 330 g/mol. The van der Waals surface area contributed by atoms with Crippen molar-refractivity contribution in [2.75, 3.05) is 0 Å². The molecular formula is C23H26N2. The van der Waals surface area contributed by atoms with Crippen molar-refractivity contribution in [2.45, 2.75) is 51.0 Å². The molecule has 1 N–H and O–H groups in total. The van der Waals surface area contributed by atoms with Gasteiger partial charge in [0.1, 0.15) is 0 Å². The van der Waals surface area contributed by atoms with E-state index >= 15 is 0 Å². The van der Waals surface area contributed by atoms with Gasteiger partial charge in [-0.25, -0.2) is 0 Å². The van der Waals surface area contributed by atoms with E-state index in [0.29, 0.717) is 12.0 Å². The molecule has 2 aliphatic carbocycles. The lowest BCUT2D eigenvalue weighted by Crippen LogP contribution is -2.26. The van der Waals surface area contributed by atoms with Crippen molar-refractivity contribution in [2.24, 2.45) is 5.10 Å². The molecule has 0 aromatic heterocycles. The van der Waals surface area contributed by atoms with Crippen LogP contribution in [0, 0.1) is 0 Å². The summed E-state index contributed by atoms with van der Waals surface area (Å²) in [6, 6.07) is 17.9. The fourth-order valence-corrected chi connectivity index (χ4v) is 4.23. The van der Waals surface area contributed by atoms with Crippen molar-refractivity contribution in [1.29, 1.82) is 0 Å². The zero-order valence-electron chi connectivity index (χ0n) is 14.9. The number of hydrogen-bond acceptors (Lipinski definition) is 2. The summed E-state index contributed by atoms with van der Waals surface area (Å²) in [7, 11) is 0. The zero-order valence-corrected chi connectivity index (χ0v) is 14.9. The highest BCUT2D eigenvalue weighted by atomic mass is 15.3. The van der Waals surface area contributed by atoms with Gasteiger partial charge in [-0.3, -0.25) is 0 Å². The number of hydrogen-bond donors (Lipinski definition) is 1. The van der Waals surface area contributed by atoms with Gasteiger partial charge in [-0.1, -0.05) is 79.4 Å². The molecule has 0 saturated heterocycles. The number of fused-ring (bicyclic) bond motifs is 1. The molecule has 2 aliphatic rings. The van der Waals surface area contributed by atoms with Crippen LogP contribution >= 0.6 is 0 Å². The van der Waals surface area contributed by atoms with Gasteiger partial charge in [0.05, 0.1) is 6.21 Å². The molecule has 0 amide bonds. The molecule has 2 aromatic carbocycles. The van der Waals surface area contributed by atoms with Crippen LogP contribution in [0.25, 0.3) is 6.08 Å². The van der Waals surface area contributed by atoms with Crippen LogP contribution in [-0.4, -0.2) is 12.3 Å². The minimum atomic E-state index is 0.341. The molecule has 0 bridgehead atoms. The van der Waals surface area contributed by atoms with Gasteiger partial charge in [0.15, 0.2) is 0 Å². The molecule has 128 valence electrons. The Labute approximate surface area is 150 Å². The highest BCUT2D eigenvalue weighted by Gasteiger charge is 2.25. The number of nitrogens with zero attached hydrogens (tertiary/aromatic N) is 1. The molecule has 0 heterocycles. The fraction of sp³-hybridized carbons (Fsp3) is 0.348. The van der Waals surface area contributed by atoms with E-state index in [1.807, 2.05) is 6.21 Å². The first-order valence-corrected chi connectivity index (χ1v) is 9.47. The first-order chi connectivity index (χ1) is 12.3. The summed E-state index contributed by atoms with van der Waals surface area (Å²) in [6.07, 6.45) is 10.8. The van der Waals surface area contributed by atoms with Gasteiger partial charge >= 0.3 is 0 Å². The monoisotopic (exact) mass is 330 g/mol. The van der Waals surface area contributed by atoms with Crippen molar-refractivity contribution in [1.82, 2.24) is 5.43 Å². The fourth-order valence-electron chi connectivity index (χ4n) is 4.23. The van der Waals surface area contributed by atoms with E-state index in [-0.39, 0.29) is 0 Å². The van der Waals surface area contributed by atoms with Crippen LogP contribution in [0.4, 0.5) is 0 Å². The smallest absolute Gasteiger partial charge is 0.0543 e. The lowest BCUT2D eigenvalue weighted by molar-refractivity contribution is 0.381. The van der Waals surface area contributed by atoms with E-state index in [0.717, 1.165) is 0 Å². The van der Waals surface area contributed by atoms with Gasteiger partial charge in [-0.2, -0.15) is 5.10 Å². The van der Waals surface area contributed by atoms with Gasteiger partial charge in [-0.05, 0) is 42.0 Å². The SMILES string of the molecule is CC1=Cc2ccccc2C1c1ccccc1C=NNC1CCCCC1. The Kier molecular flexibility index (Phi) is 4.69. The summed E-state index contributed by atoms with van der Waals surface area (Å²) >= 11 is 0. The number of nitrogens with one attached hydrogen (secondary N) is 1. The molecule has 2 nitrogen and oxygen atoms in total. The molecule has 25 heavy (non-hydrogen) atoms. The van der Waals surface area contributed by atoms with Crippen molar-refractivity contribution in [3.05, 3.63) is 76.4 Å². The van der Waals surface area contributed by atoms with Gasteiger partial charge in [0, 0.05) is 12.0 Å². The Bertz CT molecular complexity index is 797. The second-order valence-electron chi connectivity index (χ2n) is 7.30. The van der Waals surface area contributed by atoms with Crippen LogP contribution < -0.4 is 5.43 Å². The molecule has 1 unspecified atom stereocenters. The molecule has 4 rings (SSSR count). The van der Waals surface area contributed by atoms with E-state index in [1.165, 1.54) is 59.9 Å². The molecule has 0 radical (unpaired) electrons. The zero-order chi connectivity index (χ0) is 17.1. The standard InChI is InChI=1S/C23H26N2/c1-17-15-18-9-5-7-13-21(18)23(17)22-14-8-6-10-19(22)16-24-25-20-11-3-2-4-12-20/h5-10,13-16,20,23,25H,2-4,11-12H2,1H3. The maximum absolute atomic E-state index is 4.58. The van der Waals surface area contributed by atoms with E-state index in [1.54, 1.807) is 0 Å². The van der Waals surface area contributed by atoms with Crippen LogP contribution in [-0.2, 0) is 0 Å². The molecule has 1 atom stereocenters. The first-order valence-electron chi connectivity index (χ1n) is 9.47. The summed E-state index contributed by atoms with van der Waals surface area (Å²) in [5, 5.41) is 4.58. The highest BCUT2D eigenvalue weighted by molar-refractivity contribution is 5.83. The lowest BCUT2D eigenvalue weighted by atomic mass is 9.86. The Morgan fingerprint density at radius 2 is 1.64 bits per heavy atom. The Hall–Kier alpha value is -2.35. The van der Waals surface area contributed by atoms with Crippen molar-refractivity contribution < 1.29 is 0 Å². The van der Waals surface area contributed by atoms with Crippen LogP contribution in [0.15, 0.2) is 59.2 Å². The predicted molar refractivity (Wildman–Crippen MR) is 106 cm³/mol. The number of allylic oxidation sites excluding steroid dienone is 1. The molecule has 1 fully saturated rings. The maximum atomic E-state index is 4.58. The van der Waals surface area contributed by atoms with Crippen LogP contribution in [0.5, 0.6) is 0 Å². The summed E-state index contributed by atoms with van der Waals surface area (Å²) in [5.74, 6) is 0.341. The normalized spacial score (nSPS) is 20.5. The lowest BCUT2D eigenvalue weighted by Gasteiger charge is -2.21. The largest absolute Gasteiger partial charge is 0.307 e. The Morgan fingerprint density at radius 3 is 2.48 bits per heavy atom.